The quantitative estimate of drug-likeness (QED) is 0.410. The maximum Gasteiger partial charge on any atom is 0.295 e. The van der Waals surface area contributed by atoms with E-state index >= 15 is 0 Å². The first kappa shape index (κ1) is 7.60. The van der Waals surface area contributed by atoms with Gasteiger partial charge in [-0.15, -0.1) is 0 Å². The van der Waals surface area contributed by atoms with Crippen molar-refractivity contribution in [1.29, 1.82) is 0 Å². The Labute approximate surface area is 72.9 Å². The van der Waals surface area contributed by atoms with E-state index in [1.807, 2.05) is 0 Å². The second kappa shape index (κ2) is 2.48. The minimum Gasteiger partial charge on any atom is -0.464 e. The van der Waals surface area contributed by atoms with Gasteiger partial charge in [-0.2, -0.15) is 0 Å². The predicted octanol–water partition coefficient (Wildman–Crippen LogP) is 1.92. The Balaban J connectivity index is 2.76. The van der Waals surface area contributed by atoms with Gasteiger partial charge >= 0.3 is 0 Å². The van der Waals surface area contributed by atoms with Gasteiger partial charge < -0.3 is 10.2 Å². The van der Waals surface area contributed by atoms with Crippen molar-refractivity contribution in [2.75, 3.05) is 5.73 Å². The van der Waals surface area contributed by atoms with E-state index < -0.39 is 4.92 Å². The third kappa shape index (κ3) is 1.10. The number of hydrogen-bond donors (Lipinski definition) is 1. The monoisotopic (exact) mass is 178 g/mol. The molecule has 13 heavy (non-hydrogen) atoms. The number of furan rings is 1. The van der Waals surface area contributed by atoms with Crippen molar-refractivity contribution in [3.63, 3.8) is 0 Å². The number of anilines is 1. The van der Waals surface area contributed by atoms with Crippen LogP contribution < -0.4 is 5.73 Å². The minimum absolute atomic E-state index is 0.123. The summed E-state index contributed by atoms with van der Waals surface area (Å²) in [7, 11) is 0. The van der Waals surface area contributed by atoms with Crippen LogP contribution in [-0.4, -0.2) is 4.92 Å². The molecule has 2 N–H and O–H groups in total. The van der Waals surface area contributed by atoms with Crippen LogP contribution in [0.4, 0.5) is 11.4 Å². The molecule has 0 radical (unpaired) electrons. The van der Waals surface area contributed by atoms with Gasteiger partial charge in [-0.25, -0.2) is 0 Å². The van der Waals surface area contributed by atoms with Gasteiger partial charge in [0.25, 0.3) is 5.69 Å². The van der Waals surface area contributed by atoms with E-state index in [1.54, 1.807) is 6.07 Å². The summed E-state index contributed by atoms with van der Waals surface area (Å²) in [4.78, 5) is 9.94. The first-order chi connectivity index (χ1) is 6.18. The highest BCUT2D eigenvalue weighted by molar-refractivity contribution is 5.85. The fourth-order valence-electron chi connectivity index (χ4n) is 1.17. The lowest BCUT2D eigenvalue weighted by Gasteiger charge is -1.95. The summed E-state index contributed by atoms with van der Waals surface area (Å²) in [5.74, 6) is 0. The molecule has 0 bridgehead atoms. The van der Waals surface area contributed by atoms with Gasteiger partial charge in [0, 0.05) is 5.39 Å². The molecule has 1 aromatic carbocycles. The summed E-state index contributed by atoms with van der Waals surface area (Å²) in [6.45, 7) is 0. The van der Waals surface area contributed by atoms with E-state index in [4.69, 9.17) is 10.2 Å². The molecule has 0 saturated heterocycles. The Bertz CT molecular complexity index is 475. The minimum atomic E-state index is -0.530. The lowest BCUT2D eigenvalue weighted by Crippen LogP contribution is -1.94. The van der Waals surface area contributed by atoms with Gasteiger partial charge in [-0.1, -0.05) is 0 Å². The number of nitro groups is 1. The molecule has 0 aliphatic rings. The lowest BCUT2D eigenvalue weighted by molar-refractivity contribution is -0.383. The van der Waals surface area contributed by atoms with Crippen LogP contribution >= 0.6 is 0 Å². The van der Waals surface area contributed by atoms with Crippen molar-refractivity contribution < 1.29 is 9.34 Å². The molecule has 0 unspecified atom stereocenters. The number of fused-ring (bicyclic) bond motifs is 1. The molecule has 1 heterocycles. The fraction of sp³-hybridized carbons (Fsp3) is 0. The molecular formula is C8H6N2O3. The predicted molar refractivity (Wildman–Crippen MR) is 47.3 cm³/mol. The number of rotatable bonds is 1. The molecular weight excluding hydrogens is 172 g/mol. The third-order valence-corrected chi connectivity index (χ3v) is 1.80. The van der Waals surface area contributed by atoms with Crippen LogP contribution in [0.2, 0.25) is 0 Å². The fourth-order valence-corrected chi connectivity index (χ4v) is 1.17. The van der Waals surface area contributed by atoms with Crippen molar-refractivity contribution in [2.24, 2.45) is 0 Å². The molecule has 2 aromatic rings. The standard InChI is InChI=1S/C8H6N2O3/c9-6-3-5-1-2-13-8(5)4-7(6)10(11)12/h1-4H,9H2. The zero-order valence-corrected chi connectivity index (χ0v) is 6.56. The summed E-state index contributed by atoms with van der Waals surface area (Å²) < 4.78 is 5.00. The van der Waals surface area contributed by atoms with Crippen LogP contribution in [0, 0.1) is 10.1 Å². The molecule has 0 aliphatic heterocycles. The lowest BCUT2D eigenvalue weighted by atomic mass is 10.2. The summed E-state index contributed by atoms with van der Waals surface area (Å²) in [6.07, 6.45) is 1.47. The number of nitrogens with two attached hydrogens (primary N) is 1. The van der Waals surface area contributed by atoms with Crippen LogP contribution in [0.1, 0.15) is 0 Å². The highest BCUT2D eigenvalue weighted by Crippen LogP contribution is 2.27. The largest absolute Gasteiger partial charge is 0.464 e. The second-order valence-electron chi connectivity index (χ2n) is 2.63. The van der Waals surface area contributed by atoms with E-state index in [9.17, 15) is 10.1 Å². The average molecular weight is 178 g/mol. The van der Waals surface area contributed by atoms with E-state index in [0.29, 0.717) is 5.58 Å². The number of nitrogens with zero attached hydrogens (tertiary/aromatic N) is 1. The van der Waals surface area contributed by atoms with Crippen molar-refractivity contribution in [2.45, 2.75) is 0 Å². The van der Waals surface area contributed by atoms with Crippen molar-refractivity contribution in [3.8, 4) is 0 Å². The Morgan fingerprint density at radius 1 is 1.46 bits per heavy atom. The maximum atomic E-state index is 10.5. The second-order valence-corrected chi connectivity index (χ2v) is 2.63. The number of nitrogen functional groups attached to an aromatic ring is 1. The van der Waals surface area contributed by atoms with Crippen LogP contribution in [-0.2, 0) is 0 Å². The van der Waals surface area contributed by atoms with Crippen molar-refractivity contribution in [1.82, 2.24) is 0 Å². The Morgan fingerprint density at radius 3 is 2.92 bits per heavy atom. The highest BCUT2D eigenvalue weighted by atomic mass is 16.6. The van der Waals surface area contributed by atoms with Gasteiger partial charge in [0.2, 0.25) is 0 Å². The van der Waals surface area contributed by atoms with E-state index in [2.05, 4.69) is 0 Å². The van der Waals surface area contributed by atoms with Crippen LogP contribution in [0.15, 0.2) is 28.9 Å². The molecule has 66 valence electrons. The van der Waals surface area contributed by atoms with Gasteiger partial charge in [0.05, 0.1) is 17.3 Å². The van der Waals surface area contributed by atoms with Crippen LogP contribution in [0.3, 0.4) is 0 Å². The summed E-state index contributed by atoms with van der Waals surface area (Å²) in [5.41, 5.74) is 5.97. The molecule has 0 saturated carbocycles. The van der Waals surface area contributed by atoms with Gasteiger partial charge in [0.15, 0.2) is 0 Å². The van der Waals surface area contributed by atoms with Crippen LogP contribution in [0.25, 0.3) is 11.0 Å². The molecule has 0 atom stereocenters. The normalized spacial score (nSPS) is 10.5. The highest BCUT2D eigenvalue weighted by Gasteiger charge is 2.13. The van der Waals surface area contributed by atoms with E-state index in [0.717, 1.165) is 5.39 Å². The first-order valence-electron chi connectivity index (χ1n) is 3.59. The first-order valence-corrected chi connectivity index (χ1v) is 3.59. The Morgan fingerprint density at radius 2 is 2.23 bits per heavy atom. The average Bonchev–Trinajstić information content (AvgIpc) is 2.48. The molecule has 0 fully saturated rings. The van der Waals surface area contributed by atoms with Crippen LogP contribution in [0.5, 0.6) is 0 Å². The third-order valence-electron chi connectivity index (χ3n) is 1.80. The number of hydrogen-bond acceptors (Lipinski definition) is 4. The molecule has 5 heteroatoms. The van der Waals surface area contributed by atoms with Crippen molar-refractivity contribution in [3.05, 3.63) is 34.6 Å². The van der Waals surface area contributed by atoms with Gasteiger partial charge in [-0.05, 0) is 12.1 Å². The van der Waals surface area contributed by atoms with Gasteiger partial charge in [-0.3, -0.25) is 10.1 Å². The molecule has 0 aliphatic carbocycles. The number of nitro benzene ring substituents is 1. The zero-order chi connectivity index (χ0) is 9.42. The molecule has 1 aromatic heterocycles. The summed E-state index contributed by atoms with van der Waals surface area (Å²) in [5, 5.41) is 11.2. The zero-order valence-electron chi connectivity index (χ0n) is 6.56. The molecule has 0 spiro atoms. The summed E-state index contributed by atoms with van der Waals surface area (Å²) >= 11 is 0. The number of benzene rings is 1. The molecule has 2 rings (SSSR count). The van der Waals surface area contributed by atoms with E-state index in [-0.39, 0.29) is 11.4 Å². The summed E-state index contributed by atoms with van der Waals surface area (Å²) in [6, 6.07) is 4.55. The molecule has 5 nitrogen and oxygen atoms in total. The molecule has 0 amide bonds. The Hall–Kier alpha value is -2.04. The SMILES string of the molecule is Nc1cc2ccoc2cc1[N+](=O)[O-]. The Kier molecular flexibility index (Phi) is 1.45. The topological polar surface area (TPSA) is 82.3 Å². The van der Waals surface area contributed by atoms with E-state index in [1.165, 1.54) is 18.4 Å². The van der Waals surface area contributed by atoms with Gasteiger partial charge in [0.1, 0.15) is 11.3 Å². The maximum absolute atomic E-state index is 10.5. The van der Waals surface area contributed by atoms with Crippen molar-refractivity contribution >= 4 is 22.3 Å². The smallest absolute Gasteiger partial charge is 0.295 e.